The molecule has 1 fully saturated rings. The number of likely N-dealkylation sites (tertiary alicyclic amines) is 1. The summed E-state index contributed by atoms with van der Waals surface area (Å²) in [5, 5.41) is 11.0. The van der Waals surface area contributed by atoms with Crippen LogP contribution < -0.4 is 0 Å². The standard InChI is InChI=1S/C19H26N2O2/c1-18(2,3)19(13-22)9-11-21(12-19)17(23)15-7-5-6-14-8-10-20(4)16(14)15/h5-8,10,22H,9,11-13H2,1-4H3. The number of carbonyl (C=O) groups excluding carboxylic acids is 1. The van der Waals surface area contributed by atoms with Crippen LogP contribution >= 0.6 is 0 Å². The van der Waals surface area contributed by atoms with E-state index < -0.39 is 0 Å². The summed E-state index contributed by atoms with van der Waals surface area (Å²) in [6.07, 6.45) is 2.83. The zero-order chi connectivity index (χ0) is 16.8. The van der Waals surface area contributed by atoms with Gasteiger partial charge in [-0.15, -0.1) is 0 Å². The quantitative estimate of drug-likeness (QED) is 0.926. The second-order valence-electron chi connectivity index (χ2n) is 7.84. The molecule has 1 N–H and O–H groups in total. The van der Waals surface area contributed by atoms with Crippen LogP contribution in [0.1, 0.15) is 37.6 Å². The first kappa shape index (κ1) is 16.1. The molecule has 0 aliphatic carbocycles. The van der Waals surface area contributed by atoms with E-state index in [-0.39, 0.29) is 23.3 Å². The highest BCUT2D eigenvalue weighted by Crippen LogP contribution is 2.46. The lowest BCUT2D eigenvalue weighted by Crippen LogP contribution is -2.42. The molecule has 1 atom stereocenters. The number of hydrogen-bond donors (Lipinski definition) is 1. The Morgan fingerprint density at radius 2 is 2.04 bits per heavy atom. The van der Waals surface area contributed by atoms with Crippen LogP contribution in [0.4, 0.5) is 0 Å². The highest BCUT2D eigenvalue weighted by Gasteiger charge is 2.47. The predicted octanol–water partition coefficient (Wildman–Crippen LogP) is 3.05. The van der Waals surface area contributed by atoms with Gasteiger partial charge in [-0.2, -0.15) is 0 Å². The van der Waals surface area contributed by atoms with Gasteiger partial charge in [0.05, 0.1) is 17.7 Å². The molecule has 1 aliphatic heterocycles. The number of amides is 1. The number of aliphatic hydroxyl groups excluding tert-OH is 1. The highest BCUT2D eigenvalue weighted by atomic mass is 16.3. The van der Waals surface area contributed by atoms with E-state index in [0.29, 0.717) is 13.1 Å². The minimum absolute atomic E-state index is 0.0340. The van der Waals surface area contributed by atoms with Crippen molar-refractivity contribution in [1.82, 2.24) is 9.47 Å². The molecule has 3 rings (SSSR count). The Hall–Kier alpha value is -1.81. The summed E-state index contributed by atoms with van der Waals surface area (Å²) in [7, 11) is 1.97. The molecule has 1 aromatic carbocycles. The molecule has 1 amide bonds. The van der Waals surface area contributed by atoms with Gasteiger partial charge in [0, 0.05) is 37.1 Å². The van der Waals surface area contributed by atoms with E-state index in [0.717, 1.165) is 22.9 Å². The van der Waals surface area contributed by atoms with Crippen LogP contribution in [0.15, 0.2) is 30.5 Å². The molecule has 1 unspecified atom stereocenters. The summed E-state index contributed by atoms with van der Waals surface area (Å²) < 4.78 is 2.00. The molecule has 0 spiro atoms. The van der Waals surface area contributed by atoms with Crippen LogP contribution in [-0.2, 0) is 7.05 Å². The van der Waals surface area contributed by atoms with Crippen LogP contribution in [0.3, 0.4) is 0 Å². The van der Waals surface area contributed by atoms with Gasteiger partial charge in [-0.3, -0.25) is 4.79 Å². The lowest BCUT2D eigenvalue weighted by molar-refractivity contribution is 0.0232. The average molecular weight is 314 g/mol. The lowest BCUT2D eigenvalue weighted by atomic mass is 9.66. The third kappa shape index (κ3) is 2.45. The maximum atomic E-state index is 13.1. The van der Waals surface area contributed by atoms with Crippen molar-refractivity contribution in [2.75, 3.05) is 19.7 Å². The molecule has 23 heavy (non-hydrogen) atoms. The van der Waals surface area contributed by atoms with Crippen molar-refractivity contribution < 1.29 is 9.90 Å². The van der Waals surface area contributed by atoms with Gasteiger partial charge in [0.15, 0.2) is 0 Å². The lowest BCUT2D eigenvalue weighted by Gasteiger charge is -2.40. The maximum absolute atomic E-state index is 13.1. The summed E-state index contributed by atoms with van der Waals surface area (Å²) in [5.41, 5.74) is 1.48. The molecule has 1 aromatic heterocycles. The van der Waals surface area contributed by atoms with Gasteiger partial charge in [0.25, 0.3) is 5.91 Å². The second-order valence-corrected chi connectivity index (χ2v) is 7.84. The van der Waals surface area contributed by atoms with Crippen molar-refractivity contribution >= 4 is 16.8 Å². The van der Waals surface area contributed by atoms with E-state index in [1.165, 1.54) is 0 Å². The summed E-state index contributed by atoms with van der Waals surface area (Å²) >= 11 is 0. The van der Waals surface area contributed by atoms with Crippen molar-refractivity contribution in [2.24, 2.45) is 17.9 Å². The van der Waals surface area contributed by atoms with E-state index in [4.69, 9.17) is 0 Å². The number of para-hydroxylation sites is 1. The smallest absolute Gasteiger partial charge is 0.256 e. The topological polar surface area (TPSA) is 45.5 Å². The van der Waals surface area contributed by atoms with Gasteiger partial charge >= 0.3 is 0 Å². The normalized spacial score (nSPS) is 22.0. The summed E-state index contributed by atoms with van der Waals surface area (Å²) in [6.45, 7) is 7.89. The number of rotatable bonds is 2. The number of carbonyl (C=O) groups is 1. The van der Waals surface area contributed by atoms with Gasteiger partial charge in [0.2, 0.25) is 0 Å². The molecular formula is C19H26N2O2. The molecule has 2 heterocycles. The number of hydrogen-bond acceptors (Lipinski definition) is 2. The fourth-order valence-corrected chi connectivity index (χ4v) is 3.72. The van der Waals surface area contributed by atoms with E-state index in [1.807, 2.05) is 47.0 Å². The van der Waals surface area contributed by atoms with Crippen molar-refractivity contribution in [3.05, 3.63) is 36.0 Å². The zero-order valence-corrected chi connectivity index (χ0v) is 14.5. The van der Waals surface area contributed by atoms with E-state index in [9.17, 15) is 9.90 Å². The van der Waals surface area contributed by atoms with E-state index >= 15 is 0 Å². The van der Waals surface area contributed by atoms with E-state index in [1.54, 1.807) is 0 Å². The van der Waals surface area contributed by atoms with Crippen molar-refractivity contribution in [3.8, 4) is 0 Å². The third-order valence-electron chi connectivity index (χ3n) is 5.66. The van der Waals surface area contributed by atoms with Crippen molar-refractivity contribution in [1.29, 1.82) is 0 Å². The molecule has 2 aromatic rings. The maximum Gasteiger partial charge on any atom is 0.256 e. The van der Waals surface area contributed by atoms with Gasteiger partial charge < -0.3 is 14.6 Å². The molecule has 0 saturated carbocycles. The fraction of sp³-hybridized carbons (Fsp3) is 0.526. The SMILES string of the molecule is Cn1ccc2cccc(C(=O)N3CCC(CO)(C(C)(C)C)C3)c21. The number of aromatic nitrogens is 1. The first-order valence-corrected chi connectivity index (χ1v) is 8.23. The molecule has 4 heteroatoms. The predicted molar refractivity (Wildman–Crippen MR) is 92.4 cm³/mol. The molecule has 0 radical (unpaired) electrons. The van der Waals surface area contributed by atoms with Crippen LogP contribution in [0, 0.1) is 10.8 Å². The molecule has 4 nitrogen and oxygen atoms in total. The van der Waals surface area contributed by atoms with Gasteiger partial charge in [-0.25, -0.2) is 0 Å². The minimum Gasteiger partial charge on any atom is -0.396 e. The minimum atomic E-state index is -0.217. The van der Waals surface area contributed by atoms with Gasteiger partial charge in [-0.1, -0.05) is 32.9 Å². The number of benzene rings is 1. The molecule has 1 aliphatic rings. The molecule has 124 valence electrons. The number of aryl methyl sites for hydroxylation is 1. The highest BCUT2D eigenvalue weighted by molar-refractivity contribution is 6.06. The number of nitrogens with zero attached hydrogens (tertiary/aromatic N) is 2. The number of fused-ring (bicyclic) bond motifs is 1. The van der Waals surface area contributed by atoms with Crippen molar-refractivity contribution in [2.45, 2.75) is 27.2 Å². The monoisotopic (exact) mass is 314 g/mol. The molecular weight excluding hydrogens is 288 g/mol. The summed E-state index contributed by atoms with van der Waals surface area (Å²) in [4.78, 5) is 15.0. The Morgan fingerprint density at radius 1 is 1.30 bits per heavy atom. The van der Waals surface area contributed by atoms with Crippen LogP contribution in [0.2, 0.25) is 0 Å². The molecule has 1 saturated heterocycles. The Balaban J connectivity index is 1.94. The first-order chi connectivity index (χ1) is 10.8. The Kier molecular flexibility index (Phi) is 3.75. The third-order valence-corrected chi connectivity index (χ3v) is 5.66. The first-order valence-electron chi connectivity index (χ1n) is 8.23. The Morgan fingerprint density at radius 3 is 2.65 bits per heavy atom. The zero-order valence-electron chi connectivity index (χ0n) is 14.5. The molecule has 0 bridgehead atoms. The van der Waals surface area contributed by atoms with Gasteiger partial charge in [0.1, 0.15) is 0 Å². The fourth-order valence-electron chi connectivity index (χ4n) is 3.72. The average Bonchev–Trinajstić information content (AvgIpc) is 3.11. The van der Waals surface area contributed by atoms with Crippen molar-refractivity contribution in [3.63, 3.8) is 0 Å². The Bertz CT molecular complexity index is 741. The van der Waals surface area contributed by atoms with Crippen LogP contribution in [0.5, 0.6) is 0 Å². The van der Waals surface area contributed by atoms with E-state index in [2.05, 4.69) is 20.8 Å². The summed E-state index contributed by atoms with van der Waals surface area (Å²) in [5.74, 6) is 0.0666. The Labute approximate surface area is 137 Å². The second kappa shape index (κ2) is 5.38. The number of aliphatic hydroxyl groups is 1. The van der Waals surface area contributed by atoms with Crippen LogP contribution in [0.25, 0.3) is 10.9 Å². The van der Waals surface area contributed by atoms with Gasteiger partial charge in [-0.05, 0) is 24.0 Å². The largest absolute Gasteiger partial charge is 0.396 e. The summed E-state index contributed by atoms with van der Waals surface area (Å²) in [6, 6.07) is 7.90. The van der Waals surface area contributed by atoms with Crippen LogP contribution in [-0.4, -0.2) is 40.2 Å².